The van der Waals surface area contributed by atoms with Crippen LogP contribution in [0.3, 0.4) is 0 Å². The van der Waals surface area contributed by atoms with E-state index in [0.717, 1.165) is 11.1 Å². The molecule has 0 fully saturated rings. The first-order chi connectivity index (χ1) is 15.4. The highest BCUT2D eigenvalue weighted by Gasteiger charge is 2.34. The number of rotatable bonds is 7. The molecular weight excluding hydrogens is 455 g/mol. The Morgan fingerprint density at radius 2 is 1.78 bits per heavy atom. The molecule has 2 aromatic rings. The monoisotopic (exact) mass is 480 g/mol. The number of anilines is 1. The molecule has 2 aromatic carbocycles. The Morgan fingerprint density at radius 1 is 1.09 bits per heavy atom. The van der Waals surface area contributed by atoms with Gasteiger partial charge in [0.05, 0.1) is 43.5 Å². The molecule has 1 atom stereocenters. The summed E-state index contributed by atoms with van der Waals surface area (Å²) in [6.45, 7) is 5.15. The molecule has 1 aliphatic heterocycles. The molecule has 1 unspecified atom stereocenters. The fourth-order valence-corrected chi connectivity index (χ4v) is 4.07. The summed E-state index contributed by atoms with van der Waals surface area (Å²) in [7, 11) is 1.33. The number of urea groups is 1. The second-order valence-electron chi connectivity index (χ2n) is 7.16. The van der Waals surface area contributed by atoms with Gasteiger partial charge in [-0.05, 0) is 61.7 Å². The van der Waals surface area contributed by atoms with Crippen LogP contribution < -0.4 is 14.8 Å². The van der Waals surface area contributed by atoms with E-state index in [0.29, 0.717) is 53.4 Å². The number of benzene rings is 2. The molecule has 0 radical (unpaired) electrons. The topological polar surface area (TPSA) is 77.1 Å². The number of carbonyl (C=O) groups is 2. The molecule has 0 bridgehead atoms. The Hall–Kier alpha value is -2.64. The number of ether oxygens (including phenoxy) is 3. The van der Waals surface area contributed by atoms with Crippen LogP contribution in [0.25, 0.3) is 0 Å². The van der Waals surface area contributed by atoms with Crippen LogP contribution in [0.2, 0.25) is 10.0 Å². The molecule has 0 spiro atoms. The van der Waals surface area contributed by atoms with Crippen molar-refractivity contribution in [2.75, 3.05) is 32.2 Å². The zero-order valence-electron chi connectivity index (χ0n) is 18.2. The lowest BCUT2D eigenvalue weighted by Crippen LogP contribution is -2.43. The zero-order chi connectivity index (χ0) is 23.3. The zero-order valence-corrected chi connectivity index (χ0v) is 19.8. The van der Waals surface area contributed by atoms with Crippen molar-refractivity contribution in [1.29, 1.82) is 0 Å². The van der Waals surface area contributed by atoms with Crippen LogP contribution in [0.15, 0.2) is 30.3 Å². The SMILES string of the molecule is CCOc1cc2c(cc1OCC)C(CC(=O)OC)N(C(=O)Nc1cc(Cl)ccc1Cl)CC2. The molecule has 0 aromatic heterocycles. The third-order valence-corrected chi connectivity index (χ3v) is 5.75. The number of esters is 1. The Morgan fingerprint density at radius 3 is 2.44 bits per heavy atom. The minimum absolute atomic E-state index is 0.000253. The van der Waals surface area contributed by atoms with Crippen molar-refractivity contribution >= 4 is 40.9 Å². The Labute approximate surface area is 197 Å². The number of methoxy groups -OCH3 is 1. The summed E-state index contributed by atoms with van der Waals surface area (Å²) in [5.74, 6) is 0.796. The number of carbonyl (C=O) groups excluding carboxylic acids is 2. The molecule has 1 heterocycles. The molecule has 0 saturated heterocycles. The molecule has 32 heavy (non-hydrogen) atoms. The van der Waals surface area contributed by atoms with E-state index in [2.05, 4.69) is 5.32 Å². The van der Waals surface area contributed by atoms with E-state index in [-0.39, 0.29) is 12.5 Å². The molecule has 0 aliphatic carbocycles. The van der Waals surface area contributed by atoms with Gasteiger partial charge in [0.25, 0.3) is 0 Å². The number of amides is 2. The van der Waals surface area contributed by atoms with Crippen molar-refractivity contribution in [1.82, 2.24) is 4.90 Å². The maximum absolute atomic E-state index is 13.2. The lowest BCUT2D eigenvalue weighted by Gasteiger charge is -2.37. The summed E-state index contributed by atoms with van der Waals surface area (Å²) in [5.41, 5.74) is 2.21. The number of halogens is 2. The number of nitrogens with zero attached hydrogens (tertiary/aromatic N) is 1. The third-order valence-electron chi connectivity index (χ3n) is 5.18. The maximum Gasteiger partial charge on any atom is 0.322 e. The average Bonchev–Trinajstić information content (AvgIpc) is 2.77. The maximum atomic E-state index is 13.2. The molecule has 172 valence electrons. The first kappa shape index (κ1) is 24.0. The van der Waals surface area contributed by atoms with Crippen molar-refractivity contribution in [3.63, 3.8) is 0 Å². The van der Waals surface area contributed by atoms with E-state index in [1.807, 2.05) is 26.0 Å². The lowest BCUT2D eigenvalue weighted by molar-refractivity contribution is -0.141. The van der Waals surface area contributed by atoms with Crippen molar-refractivity contribution in [3.05, 3.63) is 51.5 Å². The van der Waals surface area contributed by atoms with Gasteiger partial charge in [-0.3, -0.25) is 4.79 Å². The van der Waals surface area contributed by atoms with Crippen LogP contribution >= 0.6 is 23.2 Å². The van der Waals surface area contributed by atoms with Gasteiger partial charge in [-0.25, -0.2) is 4.79 Å². The summed E-state index contributed by atoms with van der Waals surface area (Å²) >= 11 is 12.3. The second-order valence-corrected chi connectivity index (χ2v) is 8.00. The van der Waals surface area contributed by atoms with Gasteiger partial charge in [0.1, 0.15) is 0 Å². The van der Waals surface area contributed by atoms with E-state index in [4.69, 9.17) is 37.4 Å². The van der Waals surface area contributed by atoms with Gasteiger partial charge in [-0.2, -0.15) is 0 Å². The van der Waals surface area contributed by atoms with E-state index in [1.54, 1.807) is 23.1 Å². The normalized spacial score (nSPS) is 15.0. The van der Waals surface area contributed by atoms with Crippen molar-refractivity contribution < 1.29 is 23.8 Å². The van der Waals surface area contributed by atoms with Gasteiger partial charge in [0.15, 0.2) is 11.5 Å². The Kier molecular flexibility index (Phi) is 8.10. The second kappa shape index (κ2) is 10.8. The minimum Gasteiger partial charge on any atom is -0.490 e. The number of fused-ring (bicyclic) bond motifs is 1. The van der Waals surface area contributed by atoms with E-state index < -0.39 is 12.0 Å². The number of nitrogens with one attached hydrogen (secondary N) is 1. The molecule has 7 nitrogen and oxygen atoms in total. The smallest absolute Gasteiger partial charge is 0.322 e. The van der Waals surface area contributed by atoms with Gasteiger partial charge < -0.3 is 24.4 Å². The van der Waals surface area contributed by atoms with Crippen molar-refractivity contribution in [2.24, 2.45) is 0 Å². The fourth-order valence-electron chi connectivity index (χ4n) is 3.73. The quantitative estimate of drug-likeness (QED) is 0.530. The predicted octanol–water partition coefficient (Wildman–Crippen LogP) is 5.49. The highest BCUT2D eigenvalue weighted by molar-refractivity contribution is 6.35. The summed E-state index contributed by atoms with van der Waals surface area (Å²) < 4.78 is 16.4. The summed E-state index contributed by atoms with van der Waals surface area (Å²) in [4.78, 5) is 27.0. The van der Waals surface area contributed by atoms with E-state index in [9.17, 15) is 9.59 Å². The Bertz CT molecular complexity index is 999. The largest absolute Gasteiger partial charge is 0.490 e. The van der Waals surface area contributed by atoms with Crippen LogP contribution in [0.5, 0.6) is 11.5 Å². The van der Waals surface area contributed by atoms with Gasteiger partial charge in [-0.1, -0.05) is 23.2 Å². The molecule has 2 amide bonds. The van der Waals surface area contributed by atoms with Crippen LogP contribution in [0.1, 0.15) is 37.4 Å². The molecule has 1 N–H and O–H groups in total. The van der Waals surface area contributed by atoms with Crippen molar-refractivity contribution in [3.8, 4) is 11.5 Å². The lowest BCUT2D eigenvalue weighted by atomic mass is 9.90. The number of hydrogen-bond acceptors (Lipinski definition) is 5. The molecule has 9 heteroatoms. The average molecular weight is 481 g/mol. The molecule has 1 aliphatic rings. The fraction of sp³-hybridized carbons (Fsp3) is 0.391. The van der Waals surface area contributed by atoms with E-state index >= 15 is 0 Å². The van der Waals surface area contributed by atoms with Crippen LogP contribution in [-0.4, -0.2) is 43.8 Å². The predicted molar refractivity (Wildman–Crippen MR) is 124 cm³/mol. The van der Waals surface area contributed by atoms with Crippen molar-refractivity contribution in [2.45, 2.75) is 32.7 Å². The highest BCUT2D eigenvalue weighted by atomic mass is 35.5. The van der Waals surface area contributed by atoms with Crippen LogP contribution in [0.4, 0.5) is 10.5 Å². The summed E-state index contributed by atoms with van der Waals surface area (Å²) in [6, 6.07) is 7.68. The van der Waals surface area contributed by atoms with Gasteiger partial charge in [0.2, 0.25) is 0 Å². The van der Waals surface area contributed by atoms with Crippen LogP contribution in [0, 0.1) is 0 Å². The summed E-state index contributed by atoms with van der Waals surface area (Å²) in [5, 5.41) is 3.62. The Balaban J connectivity index is 1.97. The molecular formula is C23H26Cl2N2O5. The first-order valence-electron chi connectivity index (χ1n) is 10.4. The van der Waals surface area contributed by atoms with Gasteiger partial charge >= 0.3 is 12.0 Å². The van der Waals surface area contributed by atoms with Gasteiger partial charge in [0, 0.05) is 11.6 Å². The first-order valence-corrected chi connectivity index (χ1v) is 11.1. The number of hydrogen-bond donors (Lipinski definition) is 1. The standard InChI is InChI=1S/C23H26Cl2N2O5/c1-4-31-20-10-14-8-9-27(23(29)26-18-11-15(24)6-7-17(18)25)19(13-22(28)30-3)16(14)12-21(20)32-5-2/h6-7,10-12,19H,4-5,8-9,13H2,1-3H3,(H,26,29). The third kappa shape index (κ3) is 5.40. The highest BCUT2D eigenvalue weighted by Crippen LogP contribution is 2.40. The summed E-state index contributed by atoms with van der Waals surface area (Å²) in [6.07, 6.45) is 0.593. The minimum atomic E-state index is -0.543. The van der Waals surface area contributed by atoms with Crippen LogP contribution in [-0.2, 0) is 16.0 Å². The van der Waals surface area contributed by atoms with Gasteiger partial charge in [-0.15, -0.1) is 0 Å². The molecule has 0 saturated carbocycles. The molecule has 3 rings (SSSR count). The van der Waals surface area contributed by atoms with E-state index in [1.165, 1.54) is 7.11 Å².